The summed E-state index contributed by atoms with van der Waals surface area (Å²) in [5.41, 5.74) is 4.41. The Labute approximate surface area is 269 Å². The zero-order valence-corrected chi connectivity index (χ0v) is 28.5. The van der Waals surface area contributed by atoms with Crippen LogP contribution in [-0.2, 0) is 18.9 Å². The van der Waals surface area contributed by atoms with E-state index >= 15 is 0 Å². The van der Waals surface area contributed by atoms with Gasteiger partial charge in [-0.3, -0.25) is 0 Å². The number of nitro groups is 1. The number of para-hydroxylation sites is 1. The average Bonchev–Trinajstić information content (AvgIpc) is 3.24. The molecule has 0 amide bonds. The van der Waals surface area contributed by atoms with Crippen molar-refractivity contribution in [1.29, 1.82) is 0 Å². The Hall–Kier alpha value is -3.05. The van der Waals surface area contributed by atoms with E-state index in [1.54, 1.807) is 22.8 Å². The van der Waals surface area contributed by atoms with Crippen LogP contribution in [0.1, 0.15) is 58.6 Å². The number of allylic oxidation sites excluding steroid dienone is 4. The van der Waals surface area contributed by atoms with Crippen LogP contribution in [0.4, 0.5) is 5.69 Å². The second-order valence-electron chi connectivity index (χ2n) is 11.0. The van der Waals surface area contributed by atoms with Gasteiger partial charge in [0.25, 0.3) is 0 Å². The Kier molecular flexibility index (Phi) is 12.5. The number of non-ortho nitro benzene ring substituents is 1. The Balaban J connectivity index is 0.000000238. The van der Waals surface area contributed by atoms with Crippen LogP contribution in [0.3, 0.4) is 0 Å². The molecule has 0 bridgehead atoms. The topological polar surface area (TPSA) is 55.6 Å². The summed E-state index contributed by atoms with van der Waals surface area (Å²) in [6.07, 6.45) is 8.43. The second-order valence-corrected chi connectivity index (χ2v) is 16.7. The van der Waals surface area contributed by atoms with Crippen LogP contribution in [0.2, 0.25) is 0 Å². The first-order valence-electron chi connectivity index (χ1n) is 14.0. The fourth-order valence-electron chi connectivity index (χ4n) is 5.23. The van der Waals surface area contributed by atoms with Gasteiger partial charge in [0.15, 0.2) is 0 Å². The van der Waals surface area contributed by atoms with Gasteiger partial charge in [0.1, 0.15) is 0 Å². The van der Waals surface area contributed by atoms with Crippen molar-refractivity contribution in [3.05, 3.63) is 143 Å². The number of hydrogen-bond donors (Lipinski definition) is 0. The van der Waals surface area contributed by atoms with Crippen molar-refractivity contribution >= 4 is 29.7 Å². The summed E-state index contributed by atoms with van der Waals surface area (Å²) in [5, 5.41) is 10.8. The number of ether oxygens (including phenoxy) is 1. The van der Waals surface area contributed by atoms with Crippen LogP contribution in [0.15, 0.2) is 115 Å². The van der Waals surface area contributed by atoms with E-state index < -0.39 is 18.4 Å². The minimum absolute atomic E-state index is 0.0274. The molecule has 230 valence electrons. The number of halogens is 2. The Morgan fingerprint density at radius 1 is 1.09 bits per heavy atom. The zero-order chi connectivity index (χ0) is 31.6. The molecule has 5 nitrogen and oxygen atoms in total. The molecule has 8 heteroatoms. The number of nitro benzene ring substituents is 1. The van der Waals surface area contributed by atoms with E-state index in [0.717, 1.165) is 18.5 Å². The molecule has 1 saturated heterocycles. The molecule has 0 aromatic heterocycles. The maximum absolute atomic E-state index is 10.8. The van der Waals surface area contributed by atoms with Crippen molar-refractivity contribution in [2.45, 2.75) is 58.4 Å². The van der Waals surface area contributed by atoms with Gasteiger partial charge in [0.05, 0.1) is 0 Å². The normalized spacial score (nSPS) is 18.1. The standard InChI is InChI=1S/C22H30N.C13H9NO3.2ClH.Ru/c1-7-9-13-19(8-2)18(3)23-17-22(6,16-21(23,4)5)20-14-11-10-12-15-20;1-10-9-11(14(15)16)7-8-13(10)17-12-5-3-2-4-6-12;;;/h7,9-15,17H,3,8,16H2,1-2,4-6H3;1-9H;2*1H;/q-1;;;;+2/p-2/b9-7-,19-13-;;;;/t22-;;;;/m0..../s1. The molecule has 43 heavy (non-hydrogen) atoms. The third-order valence-electron chi connectivity index (χ3n) is 7.19. The molecule has 1 atom stereocenters. The summed E-state index contributed by atoms with van der Waals surface area (Å²) in [4.78, 5) is 12.7. The molecule has 4 rings (SSSR count). The summed E-state index contributed by atoms with van der Waals surface area (Å²) in [6, 6.07) is 24.3. The molecule has 1 aliphatic rings. The van der Waals surface area contributed by atoms with E-state index in [4.69, 9.17) is 24.1 Å². The number of nitrogens with zero attached hydrogens (tertiary/aromatic N) is 2. The van der Waals surface area contributed by atoms with E-state index in [0.29, 0.717) is 17.1 Å². The number of benzene rings is 3. The predicted molar refractivity (Wildman–Crippen MR) is 177 cm³/mol. The number of likely N-dealkylation sites (tertiary alicyclic amines) is 1. The maximum atomic E-state index is 10.8. The number of hydrogen-bond acceptors (Lipinski definition) is 4. The molecule has 1 fully saturated rings. The van der Waals surface area contributed by atoms with Gasteiger partial charge in [-0.2, -0.15) is 0 Å². The quantitative estimate of drug-likeness (QED) is 0.0731. The third kappa shape index (κ3) is 9.47. The van der Waals surface area contributed by atoms with Crippen LogP contribution in [-0.4, -0.2) is 20.0 Å². The van der Waals surface area contributed by atoms with Crippen LogP contribution in [0.5, 0.6) is 11.5 Å². The Morgan fingerprint density at radius 2 is 1.72 bits per heavy atom. The van der Waals surface area contributed by atoms with Crippen molar-refractivity contribution in [3.8, 4) is 11.5 Å². The molecule has 0 spiro atoms. The molecular formula is C35H39Cl2N2O3Ru-. The molecule has 0 radical (unpaired) electrons. The summed E-state index contributed by atoms with van der Waals surface area (Å²) in [6.45, 7) is 18.0. The molecule has 0 saturated carbocycles. The van der Waals surface area contributed by atoms with Gasteiger partial charge in [-0.05, 0) is 39.2 Å². The minimum atomic E-state index is -2.11. The van der Waals surface area contributed by atoms with E-state index in [2.05, 4.69) is 94.3 Å². The van der Waals surface area contributed by atoms with Crippen molar-refractivity contribution in [1.82, 2.24) is 4.90 Å². The van der Waals surface area contributed by atoms with Crippen molar-refractivity contribution in [2.24, 2.45) is 0 Å². The Bertz CT molecular complexity index is 1500. The van der Waals surface area contributed by atoms with Gasteiger partial charge in [0.2, 0.25) is 0 Å². The molecule has 1 aliphatic heterocycles. The Morgan fingerprint density at radius 3 is 2.28 bits per heavy atom. The molecule has 0 unspecified atom stereocenters. The molecular weight excluding hydrogens is 668 g/mol. The van der Waals surface area contributed by atoms with Crippen LogP contribution >= 0.6 is 19.4 Å². The summed E-state index contributed by atoms with van der Waals surface area (Å²) < 4.78 is 7.32. The van der Waals surface area contributed by atoms with Crippen molar-refractivity contribution in [2.75, 3.05) is 0 Å². The van der Waals surface area contributed by atoms with Gasteiger partial charge in [-0.1, -0.05) is 74.5 Å². The summed E-state index contributed by atoms with van der Waals surface area (Å²) in [5.74, 6) is 1.13. The van der Waals surface area contributed by atoms with E-state index in [-0.39, 0.29) is 16.6 Å². The van der Waals surface area contributed by atoms with Crippen LogP contribution in [0.25, 0.3) is 0 Å². The van der Waals surface area contributed by atoms with E-state index in [1.165, 1.54) is 23.3 Å². The summed E-state index contributed by atoms with van der Waals surface area (Å²) in [7, 11) is 11.7. The van der Waals surface area contributed by atoms with Crippen LogP contribution in [0, 0.1) is 16.7 Å². The first-order chi connectivity index (χ1) is 20.4. The van der Waals surface area contributed by atoms with Gasteiger partial charge in [-0.15, -0.1) is 5.41 Å². The fourth-order valence-corrected chi connectivity index (χ4v) is 7.02. The van der Waals surface area contributed by atoms with Crippen LogP contribution < -0.4 is 4.74 Å². The second kappa shape index (κ2) is 15.6. The fraction of sp³-hybridized carbons (Fsp3) is 0.257. The van der Waals surface area contributed by atoms with Crippen molar-refractivity contribution < 1.29 is 23.2 Å². The monoisotopic (exact) mass is 707 g/mol. The van der Waals surface area contributed by atoms with Gasteiger partial charge < -0.3 is 4.90 Å². The SMILES string of the molecule is C=C(/C(=C\C=C/C)CC)N1[CH-][C@@](C)(c2ccccc2)CC1(C)C.O=[N+]([O-])c1ccc(Oc2ccccc2)c([CH]=[Ru]([Cl])[Cl])c1. The third-order valence-corrected chi connectivity index (χ3v) is 9.03. The van der Waals surface area contributed by atoms with E-state index in [1.807, 2.05) is 25.1 Å². The molecule has 0 N–H and O–H groups in total. The zero-order valence-electron chi connectivity index (χ0n) is 25.2. The first-order valence-corrected chi connectivity index (χ1v) is 19.4. The van der Waals surface area contributed by atoms with Gasteiger partial charge in [-0.25, -0.2) is 6.54 Å². The molecule has 1 heterocycles. The average molecular weight is 708 g/mol. The first kappa shape index (κ1) is 34.4. The van der Waals surface area contributed by atoms with Gasteiger partial charge >= 0.3 is 129 Å². The predicted octanol–water partition coefficient (Wildman–Crippen LogP) is 10.5. The van der Waals surface area contributed by atoms with E-state index in [9.17, 15) is 10.1 Å². The molecule has 0 aliphatic carbocycles. The summed E-state index contributed by atoms with van der Waals surface area (Å²) >= 11 is -2.11. The number of rotatable bonds is 9. The molecule has 3 aromatic rings. The molecule has 3 aromatic carbocycles. The van der Waals surface area contributed by atoms with Crippen molar-refractivity contribution in [3.63, 3.8) is 0 Å². The van der Waals surface area contributed by atoms with Gasteiger partial charge in [0, 0.05) is 11.2 Å².